The van der Waals surface area contributed by atoms with Gasteiger partial charge in [0.15, 0.2) is 0 Å². The quantitative estimate of drug-likeness (QED) is 0.469. The first-order chi connectivity index (χ1) is 17.2. The number of hydrogen-bond donors (Lipinski definition) is 4. The van der Waals surface area contributed by atoms with E-state index in [9.17, 15) is 0 Å². The molecule has 4 N–H and O–H groups in total. The molecule has 2 saturated carbocycles. The second kappa shape index (κ2) is 9.85. The van der Waals surface area contributed by atoms with Crippen molar-refractivity contribution in [2.24, 2.45) is 0 Å². The largest absolute Gasteiger partial charge is 0.275 e. The lowest BCUT2D eigenvalue weighted by molar-refractivity contribution is -0.498. The van der Waals surface area contributed by atoms with Crippen LogP contribution in [0.2, 0.25) is 0 Å². The lowest BCUT2D eigenvalue weighted by Crippen LogP contribution is -2.78. The molecule has 3 aromatic rings. The standard InChI is InChI=1S/C20H26N4.C11H10/c1-2-6-16-15(5-1)21-19(22-16)13-9-11-14(12-10-13)20-23-17-7-3-4-8-18(17)24-20;1-9-5-4-7-10-6-2-3-8-11(9)10/h9-12,15-18H,1-8H2,(H,21,22)(H,23,24);2-8H,1H3/p+2. The van der Waals surface area contributed by atoms with Gasteiger partial charge in [0.05, 0.1) is 11.1 Å². The van der Waals surface area contributed by atoms with Gasteiger partial charge in [-0.25, -0.2) is 0 Å². The van der Waals surface area contributed by atoms with Crippen LogP contribution < -0.4 is 20.6 Å². The summed E-state index contributed by atoms with van der Waals surface area (Å²) in [7, 11) is 0. The molecule has 0 radical (unpaired) electrons. The van der Waals surface area contributed by atoms with Gasteiger partial charge >= 0.3 is 0 Å². The number of aryl methyl sites for hydroxylation is 1. The van der Waals surface area contributed by atoms with Crippen LogP contribution in [0.25, 0.3) is 10.8 Å². The summed E-state index contributed by atoms with van der Waals surface area (Å²) in [4.78, 5) is 7.41. The lowest BCUT2D eigenvalue weighted by Gasteiger charge is -2.18. The molecule has 2 heterocycles. The smallest absolute Gasteiger partial charge is 0.267 e. The molecule has 0 bridgehead atoms. The van der Waals surface area contributed by atoms with E-state index in [2.05, 4.69) is 94.3 Å². The summed E-state index contributed by atoms with van der Waals surface area (Å²) in [6.07, 6.45) is 10.6. The predicted molar refractivity (Wildman–Crippen MR) is 144 cm³/mol. The Kier molecular flexibility index (Phi) is 6.28. The minimum absolute atomic E-state index is 0.629. The Morgan fingerprint density at radius 2 is 1.11 bits per heavy atom. The van der Waals surface area contributed by atoms with E-state index in [4.69, 9.17) is 0 Å². The van der Waals surface area contributed by atoms with Crippen LogP contribution in [-0.4, -0.2) is 35.8 Å². The third-order valence-corrected chi connectivity index (χ3v) is 8.32. The molecule has 4 nitrogen and oxygen atoms in total. The van der Waals surface area contributed by atoms with Crippen molar-refractivity contribution in [3.63, 3.8) is 0 Å². The van der Waals surface area contributed by atoms with Gasteiger partial charge < -0.3 is 0 Å². The Labute approximate surface area is 209 Å². The van der Waals surface area contributed by atoms with Crippen LogP contribution in [-0.2, 0) is 0 Å². The van der Waals surface area contributed by atoms with Gasteiger partial charge in [0.2, 0.25) is 0 Å². The number of rotatable bonds is 2. The first-order valence-corrected chi connectivity index (χ1v) is 13.6. The number of nitrogens with one attached hydrogen (secondary N) is 4. The van der Waals surface area contributed by atoms with Crippen molar-refractivity contribution >= 4 is 22.4 Å². The molecule has 7 rings (SSSR count). The van der Waals surface area contributed by atoms with Crippen molar-refractivity contribution in [2.45, 2.75) is 82.5 Å². The van der Waals surface area contributed by atoms with Gasteiger partial charge in [0.25, 0.3) is 11.7 Å². The first-order valence-electron chi connectivity index (χ1n) is 13.6. The zero-order valence-corrected chi connectivity index (χ0v) is 20.8. The summed E-state index contributed by atoms with van der Waals surface area (Å²) in [5.74, 6) is 2.45. The van der Waals surface area contributed by atoms with Crippen molar-refractivity contribution in [1.82, 2.24) is 10.6 Å². The normalized spacial score (nSPS) is 26.9. The maximum Gasteiger partial charge on any atom is 0.275 e. The minimum Gasteiger partial charge on any atom is -0.267 e. The van der Waals surface area contributed by atoms with Gasteiger partial charge in [-0.2, -0.15) is 0 Å². The lowest BCUT2D eigenvalue weighted by atomic mass is 9.92. The Hall–Kier alpha value is -3.14. The maximum atomic E-state index is 3.71. The zero-order chi connectivity index (χ0) is 23.6. The molecule has 4 unspecified atom stereocenters. The average Bonchev–Trinajstić information content (AvgIpc) is 3.54. The number of amidine groups is 2. The van der Waals surface area contributed by atoms with E-state index in [1.165, 1.54) is 90.5 Å². The van der Waals surface area contributed by atoms with Crippen LogP contribution in [0, 0.1) is 6.92 Å². The van der Waals surface area contributed by atoms with Crippen LogP contribution in [0.15, 0.2) is 66.7 Å². The molecule has 0 amide bonds. The molecule has 0 saturated heterocycles. The Morgan fingerprint density at radius 1 is 0.600 bits per heavy atom. The molecule has 4 heteroatoms. The highest BCUT2D eigenvalue weighted by Crippen LogP contribution is 2.20. The molecule has 0 spiro atoms. The number of fused-ring (bicyclic) bond motifs is 3. The Morgan fingerprint density at radius 3 is 1.66 bits per heavy atom. The third-order valence-electron chi connectivity index (χ3n) is 8.32. The van der Waals surface area contributed by atoms with E-state index >= 15 is 0 Å². The average molecular weight is 467 g/mol. The summed E-state index contributed by atoms with van der Waals surface area (Å²) in [5, 5.41) is 10.1. The monoisotopic (exact) mass is 466 g/mol. The second-order valence-corrected chi connectivity index (χ2v) is 10.7. The van der Waals surface area contributed by atoms with E-state index in [1.54, 1.807) is 0 Å². The highest BCUT2D eigenvalue weighted by Gasteiger charge is 2.38. The fourth-order valence-electron chi connectivity index (χ4n) is 6.30. The van der Waals surface area contributed by atoms with E-state index in [0.29, 0.717) is 24.2 Å². The van der Waals surface area contributed by atoms with Gasteiger partial charge in [-0.1, -0.05) is 42.5 Å². The predicted octanol–water partition coefficient (Wildman–Crippen LogP) is 2.32. The van der Waals surface area contributed by atoms with Crippen LogP contribution in [0.1, 0.15) is 68.1 Å². The molecule has 180 valence electrons. The molecule has 4 atom stereocenters. The maximum absolute atomic E-state index is 3.71. The molecule has 3 aromatic carbocycles. The van der Waals surface area contributed by atoms with Crippen molar-refractivity contribution in [3.8, 4) is 0 Å². The SMILES string of the molecule is Cc1cccc2ccccc12.c1cc(C2=[NH+]C3CCCCC3N2)ccc1C1=[NH+]C2CCCCC2N1. The zero-order valence-electron chi connectivity index (χ0n) is 20.8. The molecule has 0 aromatic heterocycles. The third kappa shape index (κ3) is 4.71. The molecule has 35 heavy (non-hydrogen) atoms. The molecular formula is C31H38N4+2. The Bertz CT molecular complexity index is 1180. The van der Waals surface area contributed by atoms with Gasteiger partial charge in [-0.15, -0.1) is 0 Å². The van der Waals surface area contributed by atoms with Crippen LogP contribution >= 0.6 is 0 Å². The summed E-state index contributed by atoms with van der Waals surface area (Å²) >= 11 is 0. The Balaban J connectivity index is 0.000000174. The summed E-state index contributed by atoms with van der Waals surface area (Å²) in [6, 6.07) is 26.3. The van der Waals surface area contributed by atoms with E-state index in [-0.39, 0.29) is 0 Å². The molecule has 4 aliphatic rings. The molecule has 2 fully saturated rings. The molecule has 2 aliphatic heterocycles. The first kappa shape index (κ1) is 22.3. The summed E-state index contributed by atoms with van der Waals surface area (Å²) in [6.45, 7) is 2.14. The molecule has 2 aliphatic carbocycles. The second-order valence-electron chi connectivity index (χ2n) is 10.7. The van der Waals surface area contributed by atoms with Crippen molar-refractivity contribution in [2.75, 3.05) is 0 Å². The fourth-order valence-corrected chi connectivity index (χ4v) is 6.30. The van der Waals surface area contributed by atoms with Crippen LogP contribution in [0.4, 0.5) is 0 Å². The van der Waals surface area contributed by atoms with Crippen LogP contribution in [0.5, 0.6) is 0 Å². The van der Waals surface area contributed by atoms with Crippen LogP contribution in [0.3, 0.4) is 0 Å². The van der Waals surface area contributed by atoms with E-state index in [1.807, 2.05) is 0 Å². The fraction of sp³-hybridized carbons (Fsp3) is 0.419. The summed E-state index contributed by atoms with van der Waals surface area (Å²) in [5.41, 5.74) is 3.91. The number of hydrogen-bond acceptors (Lipinski definition) is 2. The van der Waals surface area contributed by atoms with Crippen molar-refractivity contribution in [1.29, 1.82) is 0 Å². The van der Waals surface area contributed by atoms with E-state index in [0.717, 1.165) is 0 Å². The van der Waals surface area contributed by atoms with Gasteiger partial charge in [-0.3, -0.25) is 20.6 Å². The minimum atomic E-state index is 0.629. The van der Waals surface area contributed by atoms with Crippen molar-refractivity contribution < 1.29 is 9.98 Å². The van der Waals surface area contributed by atoms with Gasteiger partial charge in [-0.05, 0) is 98.9 Å². The van der Waals surface area contributed by atoms with Crippen molar-refractivity contribution in [3.05, 3.63) is 83.4 Å². The number of benzene rings is 3. The highest BCUT2D eigenvalue weighted by atomic mass is 15.1. The molecular weight excluding hydrogens is 428 g/mol. The summed E-state index contributed by atoms with van der Waals surface area (Å²) < 4.78 is 0. The highest BCUT2D eigenvalue weighted by molar-refractivity contribution is 5.98. The van der Waals surface area contributed by atoms with E-state index < -0.39 is 0 Å². The van der Waals surface area contributed by atoms with Gasteiger partial charge in [0.1, 0.15) is 24.2 Å². The topological polar surface area (TPSA) is 52.0 Å². The van der Waals surface area contributed by atoms with Gasteiger partial charge in [0, 0.05) is 0 Å².